The van der Waals surface area contributed by atoms with Gasteiger partial charge in [-0.1, -0.05) is 0 Å². The molecule has 7 heteroatoms. The van der Waals surface area contributed by atoms with Gasteiger partial charge >= 0.3 is 0 Å². The van der Waals surface area contributed by atoms with Gasteiger partial charge in [-0.15, -0.1) is 0 Å². The van der Waals surface area contributed by atoms with Crippen molar-refractivity contribution in [2.45, 2.75) is 17.8 Å². The molecule has 0 amide bonds. The molecule has 0 fully saturated rings. The van der Waals surface area contributed by atoms with Crippen LogP contribution in [0.5, 0.6) is 0 Å². The normalized spacial score (nSPS) is 17.3. The molecule has 0 rings (SSSR count). The highest BCUT2D eigenvalue weighted by Gasteiger charge is 2.29. The second-order valence-electron chi connectivity index (χ2n) is 2.37. The van der Waals surface area contributed by atoms with Crippen molar-refractivity contribution in [1.82, 2.24) is 0 Å². The predicted molar refractivity (Wildman–Crippen MR) is 42.1 cm³/mol. The van der Waals surface area contributed by atoms with Gasteiger partial charge in [-0.05, 0) is 6.42 Å². The van der Waals surface area contributed by atoms with Crippen LogP contribution in [-0.2, 0) is 10.1 Å². The highest BCUT2D eigenvalue weighted by Crippen LogP contribution is 2.08. The fourth-order valence-corrected chi connectivity index (χ4v) is 1.73. The first-order valence-electron chi connectivity index (χ1n) is 3.38. The topological polar surface area (TPSA) is 121 Å². The van der Waals surface area contributed by atoms with Crippen LogP contribution in [0.4, 0.5) is 0 Å². The quantitative estimate of drug-likeness (QED) is 0.378. The summed E-state index contributed by atoms with van der Waals surface area (Å²) in [7, 11) is -4.33. The van der Waals surface area contributed by atoms with Gasteiger partial charge in [0.1, 0.15) is 5.25 Å². The zero-order valence-electron chi connectivity index (χ0n) is 6.42. The second kappa shape index (κ2) is 4.73. The van der Waals surface area contributed by atoms with Crippen molar-refractivity contribution < 1.29 is 23.2 Å². The van der Waals surface area contributed by atoms with Crippen LogP contribution in [-0.4, -0.2) is 47.7 Å². The smallest absolute Gasteiger partial charge is 0.270 e. The van der Waals surface area contributed by atoms with Crippen molar-refractivity contribution in [2.24, 2.45) is 5.73 Å². The Morgan fingerprint density at radius 3 is 2.17 bits per heavy atom. The highest BCUT2D eigenvalue weighted by molar-refractivity contribution is 7.86. The average molecular weight is 199 g/mol. The van der Waals surface area contributed by atoms with E-state index in [0.29, 0.717) is 0 Å². The van der Waals surface area contributed by atoms with E-state index < -0.39 is 28.1 Å². The van der Waals surface area contributed by atoms with E-state index in [2.05, 4.69) is 0 Å². The van der Waals surface area contributed by atoms with E-state index in [1.807, 2.05) is 0 Å². The van der Waals surface area contributed by atoms with E-state index >= 15 is 0 Å². The Morgan fingerprint density at radius 2 is 1.92 bits per heavy atom. The van der Waals surface area contributed by atoms with Gasteiger partial charge in [-0.25, -0.2) is 0 Å². The molecule has 0 aromatic heterocycles. The molecule has 0 aliphatic rings. The fourth-order valence-electron chi connectivity index (χ4n) is 0.819. The molecule has 0 aromatic carbocycles. The summed E-state index contributed by atoms with van der Waals surface area (Å²) in [5.74, 6) is 0. The van der Waals surface area contributed by atoms with Crippen molar-refractivity contribution in [3.05, 3.63) is 0 Å². The van der Waals surface area contributed by atoms with E-state index in [-0.39, 0.29) is 13.0 Å². The van der Waals surface area contributed by atoms with Gasteiger partial charge in [-0.2, -0.15) is 8.42 Å². The second-order valence-corrected chi connectivity index (χ2v) is 4.00. The minimum atomic E-state index is -4.33. The van der Waals surface area contributed by atoms with Gasteiger partial charge in [0.05, 0.1) is 6.10 Å². The standard InChI is InChI=1S/C5H13NO5S/c6-3-4(8)5(1-2-7)12(9,10)11/h4-5,7-8H,1-3,6H2,(H,9,10,11). The van der Waals surface area contributed by atoms with Crippen LogP contribution >= 0.6 is 0 Å². The summed E-state index contributed by atoms with van der Waals surface area (Å²) in [5, 5.41) is 16.0. The Labute approximate surface area is 70.8 Å². The molecule has 0 saturated heterocycles. The molecule has 0 aliphatic heterocycles. The lowest BCUT2D eigenvalue weighted by atomic mass is 10.2. The van der Waals surface area contributed by atoms with E-state index in [1.165, 1.54) is 0 Å². The first-order valence-corrected chi connectivity index (χ1v) is 4.89. The van der Waals surface area contributed by atoms with Crippen LogP contribution in [0, 0.1) is 0 Å². The minimum absolute atomic E-state index is 0.225. The Hall–Kier alpha value is -0.210. The van der Waals surface area contributed by atoms with Crippen LogP contribution in [0.15, 0.2) is 0 Å². The number of aliphatic hydroxyl groups is 2. The van der Waals surface area contributed by atoms with Gasteiger partial charge in [0.15, 0.2) is 0 Å². The van der Waals surface area contributed by atoms with E-state index in [0.717, 1.165) is 0 Å². The molecular weight excluding hydrogens is 186 g/mol. The summed E-state index contributed by atoms with van der Waals surface area (Å²) in [5.41, 5.74) is 4.99. The molecular formula is C5H13NO5S. The summed E-state index contributed by atoms with van der Waals surface area (Å²) in [6.07, 6.45) is -1.57. The SMILES string of the molecule is NCC(O)C(CCO)S(=O)(=O)O. The largest absolute Gasteiger partial charge is 0.396 e. The molecule has 0 aliphatic carbocycles. The number of hydrogen-bond donors (Lipinski definition) is 4. The molecule has 0 heterocycles. The monoisotopic (exact) mass is 199 g/mol. The van der Waals surface area contributed by atoms with E-state index in [4.69, 9.17) is 20.5 Å². The molecule has 0 radical (unpaired) electrons. The number of rotatable bonds is 5. The predicted octanol–water partition coefficient (Wildman–Crippen LogP) is -2.06. The fraction of sp³-hybridized carbons (Fsp3) is 1.00. The Balaban J connectivity index is 4.44. The van der Waals surface area contributed by atoms with Gasteiger partial charge < -0.3 is 15.9 Å². The Kier molecular flexibility index (Phi) is 4.64. The maximum absolute atomic E-state index is 10.6. The Bertz CT molecular complexity index is 214. The van der Waals surface area contributed by atoms with Crippen LogP contribution in [0.1, 0.15) is 6.42 Å². The van der Waals surface area contributed by atoms with Crippen molar-refractivity contribution >= 4 is 10.1 Å². The molecule has 6 nitrogen and oxygen atoms in total. The van der Waals surface area contributed by atoms with Crippen molar-refractivity contribution in [3.8, 4) is 0 Å². The third kappa shape index (κ3) is 3.46. The van der Waals surface area contributed by atoms with E-state index in [1.54, 1.807) is 0 Å². The lowest BCUT2D eigenvalue weighted by Gasteiger charge is -2.17. The molecule has 0 aromatic rings. The Morgan fingerprint density at radius 1 is 1.42 bits per heavy atom. The lowest BCUT2D eigenvalue weighted by Crippen LogP contribution is -2.39. The molecule has 2 unspecified atom stereocenters. The van der Waals surface area contributed by atoms with Crippen LogP contribution < -0.4 is 5.73 Å². The highest BCUT2D eigenvalue weighted by atomic mass is 32.2. The summed E-state index contributed by atoms with van der Waals surface area (Å²) >= 11 is 0. The van der Waals surface area contributed by atoms with Crippen LogP contribution in [0.2, 0.25) is 0 Å². The van der Waals surface area contributed by atoms with Crippen molar-refractivity contribution in [3.63, 3.8) is 0 Å². The lowest BCUT2D eigenvalue weighted by molar-refractivity contribution is 0.156. The van der Waals surface area contributed by atoms with Gasteiger partial charge in [-0.3, -0.25) is 4.55 Å². The first kappa shape index (κ1) is 11.8. The van der Waals surface area contributed by atoms with E-state index in [9.17, 15) is 8.42 Å². The molecule has 0 spiro atoms. The van der Waals surface area contributed by atoms with Gasteiger partial charge in [0, 0.05) is 13.2 Å². The summed E-state index contributed by atoms with van der Waals surface area (Å²) < 4.78 is 29.7. The number of hydrogen-bond acceptors (Lipinski definition) is 5. The van der Waals surface area contributed by atoms with Crippen LogP contribution in [0.3, 0.4) is 0 Å². The first-order chi connectivity index (χ1) is 5.43. The molecule has 5 N–H and O–H groups in total. The zero-order chi connectivity index (χ0) is 9.78. The molecule has 12 heavy (non-hydrogen) atoms. The zero-order valence-corrected chi connectivity index (χ0v) is 7.24. The van der Waals surface area contributed by atoms with Crippen LogP contribution in [0.25, 0.3) is 0 Å². The molecule has 74 valence electrons. The molecule has 0 bridgehead atoms. The molecule has 2 atom stereocenters. The van der Waals surface area contributed by atoms with Gasteiger partial charge in [0.25, 0.3) is 10.1 Å². The maximum atomic E-state index is 10.6. The third-order valence-electron chi connectivity index (χ3n) is 1.47. The average Bonchev–Trinajstić information content (AvgIpc) is 1.96. The third-order valence-corrected chi connectivity index (χ3v) is 2.78. The summed E-state index contributed by atoms with van der Waals surface area (Å²) in [6, 6.07) is 0. The van der Waals surface area contributed by atoms with Gasteiger partial charge in [0.2, 0.25) is 0 Å². The molecule has 0 saturated carbocycles. The number of aliphatic hydroxyl groups excluding tert-OH is 2. The maximum Gasteiger partial charge on any atom is 0.270 e. The number of nitrogens with two attached hydrogens (primary N) is 1. The van der Waals surface area contributed by atoms with Crippen molar-refractivity contribution in [2.75, 3.05) is 13.2 Å². The van der Waals surface area contributed by atoms with Crippen molar-refractivity contribution in [1.29, 1.82) is 0 Å². The minimum Gasteiger partial charge on any atom is -0.396 e. The summed E-state index contributed by atoms with van der Waals surface area (Å²) in [6.45, 7) is -0.702. The summed E-state index contributed by atoms with van der Waals surface area (Å²) in [4.78, 5) is 0.